The molecule has 0 radical (unpaired) electrons. The molecule has 0 aromatic heterocycles. The average molecular weight is 355 g/mol. The highest BCUT2D eigenvalue weighted by Crippen LogP contribution is 2.36. The number of para-hydroxylation sites is 1. The maximum absolute atomic E-state index is 14.2. The van der Waals surface area contributed by atoms with Gasteiger partial charge in [0.15, 0.2) is 0 Å². The number of methoxy groups -OCH3 is 1. The molecular weight excluding hydrogens is 340 g/mol. The molecule has 3 rings (SSSR count). The van der Waals surface area contributed by atoms with Crippen molar-refractivity contribution < 1.29 is 23.1 Å². The Morgan fingerprint density at radius 1 is 1.08 bits per heavy atom. The van der Waals surface area contributed by atoms with E-state index in [2.05, 4.69) is 0 Å². The number of rotatable bonds is 3. The van der Waals surface area contributed by atoms with Gasteiger partial charge >= 0.3 is 5.97 Å². The second-order valence-corrected chi connectivity index (χ2v) is 5.65. The van der Waals surface area contributed by atoms with E-state index < -0.39 is 23.5 Å². The van der Waals surface area contributed by atoms with Crippen molar-refractivity contribution in [3.8, 4) is 0 Å². The van der Waals surface area contributed by atoms with Crippen LogP contribution in [-0.2, 0) is 14.3 Å². The number of carbonyl (C=O) groups excluding carboxylic acids is 2. The number of nitrogens with zero attached hydrogens (tertiary/aromatic N) is 1. The lowest BCUT2D eigenvalue weighted by Crippen LogP contribution is -2.25. The van der Waals surface area contributed by atoms with E-state index in [1.807, 2.05) is 0 Å². The topological polar surface area (TPSA) is 46.6 Å². The first-order valence-corrected chi connectivity index (χ1v) is 7.80. The standard InChI is InChI=1S/C20H15F2NO3/c1-12-18(20(25)26-2)15(11-13-7-9-14(21)10-8-13)19(24)23(12)17-6-4-3-5-16(17)22/h3-11H,1-2H3/b15-11+. The average Bonchev–Trinajstić information content (AvgIpc) is 2.87. The van der Waals surface area contributed by atoms with Gasteiger partial charge in [-0.15, -0.1) is 0 Å². The van der Waals surface area contributed by atoms with Crippen molar-refractivity contribution in [1.29, 1.82) is 0 Å². The van der Waals surface area contributed by atoms with Crippen LogP contribution in [0.1, 0.15) is 12.5 Å². The van der Waals surface area contributed by atoms with Gasteiger partial charge in [-0.2, -0.15) is 0 Å². The highest BCUT2D eigenvalue weighted by Gasteiger charge is 2.38. The van der Waals surface area contributed by atoms with Gasteiger partial charge in [0.2, 0.25) is 0 Å². The molecule has 1 amide bonds. The van der Waals surface area contributed by atoms with Gasteiger partial charge in [-0.05, 0) is 42.8 Å². The van der Waals surface area contributed by atoms with Gasteiger partial charge < -0.3 is 4.74 Å². The van der Waals surface area contributed by atoms with Gasteiger partial charge in [-0.25, -0.2) is 13.6 Å². The summed E-state index contributed by atoms with van der Waals surface area (Å²) in [5.41, 5.74) is 0.938. The Balaban J connectivity index is 2.16. The molecule has 1 aliphatic rings. The second-order valence-electron chi connectivity index (χ2n) is 5.65. The lowest BCUT2D eigenvalue weighted by atomic mass is 10.0. The number of halogens is 2. The number of esters is 1. The molecule has 26 heavy (non-hydrogen) atoms. The molecule has 1 aliphatic heterocycles. The second kappa shape index (κ2) is 6.92. The van der Waals surface area contributed by atoms with Crippen molar-refractivity contribution in [2.24, 2.45) is 0 Å². The summed E-state index contributed by atoms with van der Waals surface area (Å²) in [7, 11) is 1.20. The molecule has 4 nitrogen and oxygen atoms in total. The van der Waals surface area contributed by atoms with Crippen LogP contribution in [0.2, 0.25) is 0 Å². The monoisotopic (exact) mass is 355 g/mol. The fourth-order valence-corrected chi connectivity index (χ4v) is 2.83. The smallest absolute Gasteiger partial charge is 0.340 e. The third-order valence-electron chi connectivity index (χ3n) is 4.06. The molecule has 0 spiro atoms. The van der Waals surface area contributed by atoms with E-state index in [1.54, 1.807) is 13.0 Å². The van der Waals surface area contributed by atoms with E-state index in [1.165, 1.54) is 55.7 Å². The zero-order valence-corrected chi connectivity index (χ0v) is 14.1. The number of carbonyl (C=O) groups is 2. The van der Waals surface area contributed by atoms with Crippen molar-refractivity contribution in [3.05, 3.63) is 82.6 Å². The van der Waals surface area contributed by atoms with Crippen LogP contribution >= 0.6 is 0 Å². The Bertz CT molecular complexity index is 946. The molecule has 132 valence electrons. The number of ether oxygens (including phenoxy) is 1. The first kappa shape index (κ1) is 17.5. The largest absolute Gasteiger partial charge is 0.465 e. The Hall–Kier alpha value is -3.28. The number of hydrogen-bond acceptors (Lipinski definition) is 3. The summed E-state index contributed by atoms with van der Waals surface area (Å²) in [6.07, 6.45) is 1.46. The van der Waals surface area contributed by atoms with Crippen molar-refractivity contribution >= 4 is 23.6 Å². The van der Waals surface area contributed by atoms with Gasteiger partial charge in [0.1, 0.15) is 11.6 Å². The number of anilines is 1. The fourth-order valence-electron chi connectivity index (χ4n) is 2.83. The van der Waals surface area contributed by atoms with Crippen LogP contribution < -0.4 is 4.90 Å². The zero-order chi connectivity index (χ0) is 18.8. The van der Waals surface area contributed by atoms with Gasteiger partial charge in [0.25, 0.3) is 5.91 Å². The Labute approximate surface area is 149 Å². The molecule has 0 unspecified atom stereocenters. The molecule has 0 aliphatic carbocycles. The van der Waals surface area contributed by atoms with Crippen molar-refractivity contribution in [2.45, 2.75) is 6.92 Å². The van der Waals surface area contributed by atoms with Crippen LogP contribution in [0.4, 0.5) is 14.5 Å². The molecule has 2 aromatic rings. The van der Waals surface area contributed by atoms with E-state index in [0.29, 0.717) is 5.56 Å². The van der Waals surface area contributed by atoms with E-state index >= 15 is 0 Å². The third kappa shape index (κ3) is 3.01. The van der Waals surface area contributed by atoms with Gasteiger partial charge in [0.05, 0.1) is 23.9 Å². The van der Waals surface area contributed by atoms with E-state index in [4.69, 9.17) is 4.74 Å². The Morgan fingerprint density at radius 3 is 2.35 bits per heavy atom. The molecular formula is C20H15F2NO3. The summed E-state index contributed by atoms with van der Waals surface area (Å²) in [4.78, 5) is 26.3. The quantitative estimate of drug-likeness (QED) is 0.621. The van der Waals surface area contributed by atoms with Crippen LogP contribution in [0.25, 0.3) is 6.08 Å². The minimum atomic E-state index is -0.706. The highest BCUT2D eigenvalue weighted by atomic mass is 19.1. The maximum Gasteiger partial charge on any atom is 0.340 e. The van der Waals surface area contributed by atoms with Gasteiger partial charge in [-0.1, -0.05) is 24.3 Å². The van der Waals surface area contributed by atoms with Crippen molar-refractivity contribution in [1.82, 2.24) is 0 Å². The fraction of sp³-hybridized carbons (Fsp3) is 0.100. The summed E-state index contributed by atoms with van der Waals surface area (Å²) in [6, 6.07) is 11.2. The summed E-state index contributed by atoms with van der Waals surface area (Å²) in [5.74, 6) is -2.27. The number of hydrogen-bond donors (Lipinski definition) is 0. The normalized spacial score (nSPS) is 15.8. The minimum Gasteiger partial charge on any atom is -0.465 e. The molecule has 1 heterocycles. The number of amides is 1. The molecule has 2 aromatic carbocycles. The first-order valence-electron chi connectivity index (χ1n) is 7.80. The van der Waals surface area contributed by atoms with Crippen molar-refractivity contribution in [2.75, 3.05) is 12.0 Å². The zero-order valence-electron chi connectivity index (χ0n) is 14.1. The minimum absolute atomic E-state index is 0.0407. The van der Waals surface area contributed by atoms with Crippen LogP contribution in [0, 0.1) is 11.6 Å². The van der Waals surface area contributed by atoms with E-state index in [9.17, 15) is 18.4 Å². The molecule has 6 heteroatoms. The first-order chi connectivity index (χ1) is 12.4. The van der Waals surface area contributed by atoms with Gasteiger partial charge in [-0.3, -0.25) is 9.69 Å². The summed E-state index contributed by atoms with van der Waals surface area (Å²) in [5, 5.41) is 0. The Morgan fingerprint density at radius 2 is 1.73 bits per heavy atom. The highest BCUT2D eigenvalue weighted by molar-refractivity contribution is 6.23. The molecule has 0 atom stereocenters. The Kier molecular flexibility index (Phi) is 4.67. The maximum atomic E-state index is 14.2. The predicted molar refractivity (Wildman–Crippen MR) is 93.0 cm³/mol. The van der Waals surface area contributed by atoms with Gasteiger partial charge in [0, 0.05) is 5.70 Å². The lowest BCUT2D eigenvalue weighted by molar-refractivity contribution is -0.136. The van der Waals surface area contributed by atoms with Crippen LogP contribution in [0.5, 0.6) is 0 Å². The molecule has 0 bridgehead atoms. The van der Waals surface area contributed by atoms with Crippen LogP contribution in [0.15, 0.2) is 65.4 Å². The number of benzene rings is 2. The van der Waals surface area contributed by atoms with Crippen LogP contribution in [-0.4, -0.2) is 19.0 Å². The van der Waals surface area contributed by atoms with E-state index in [-0.39, 0.29) is 22.5 Å². The lowest BCUT2D eigenvalue weighted by Gasteiger charge is -2.18. The number of allylic oxidation sites excluding steroid dienone is 1. The third-order valence-corrected chi connectivity index (χ3v) is 4.06. The van der Waals surface area contributed by atoms with E-state index in [0.717, 1.165) is 4.90 Å². The molecule has 0 saturated carbocycles. The molecule has 0 N–H and O–H groups in total. The molecule has 0 fully saturated rings. The summed E-state index contributed by atoms with van der Waals surface area (Å²) < 4.78 is 32.1. The van der Waals surface area contributed by atoms with Crippen LogP contribution in [0.3, 0.4) is 0 Å². The predicted octanol–water partition coefficient (Wildman–Crippen LogP) is 3.84. The van der Waals surface area contributed by atoms with Crippen molar-refractivity contribution in [3.63, 3.8) is 0 Å². The summed E-state index contributed by atoms with van der Waals surface area (Å²) >= 11 is 0. The molecule has 0 saturated heterocycles. The SMILES string of the molecule is COC(=O)C1=C(C)N(c2ccccc2F)C(=O)/C1=C/c1ccc(F)cc1. The summed E-state index contributed by atoms with van der Waals surface area (Å²) in [6.45, 7) is 1.54.